The van der Waals surface area contributed by atoms with E-state index in [0.29, 0.717) is 16.5 Å². The predicted molar refractivity (Wildman–Crippen MR) is 85.7 cm³/mol. The van der Waals surface area contributed by atoms with Gasteiger partial charge in [0.2, 0.25) is 0 Å². The lowest BCUT2D eigenvalue weighted by Gasteiger charge is -2.24. The van der Waals surface area contributed by atoms with Gasteiger partial charge >= 0.3 is 6.09 Å². The van der Waals surface area contributed by atoms with Crippen LogP contribution in [0.1, 0.15) is 12.6 Å². The zero-order valence-corrected chi connectivity index (χ0v) is 13.2. The van der Waals surface area contributed by atoms with Crippen LogP contribution in [0.25, 0.3) is 22.2 Å². The predicted octanol–water partition coefficient (Wildman–Crippen LogP) is 4.12. The Morgan fingerprint density at radius 2 is 2.04 bits per heavy atom. The highest BCUT2D eigenvalue weighted by molar-refractivity contribution is 5.88. The van der Waals surface area contributed by atoms with Gasteiger partial charge in [0.25, 0.3) is 6.43 Å². The number of carbonyl (C=O) groups is 1. The lowest BCUT2D eigenvalue weighted by atomic mass is 9.87. The molecule has 0 aromatic carbocycles. The van der Waals surface area contributed by atoms with Crippen molar-refractivity contribution in [3.05, 3.63) is 48.5 Å². The van der Waals surface area contributed by atoms with Crippen LogP contribution in [-0.2, 0) is 5.41 Å². The number of pyridine rings is 2. The number of fused-ring (bicyclic) bond motifs is 1. The summed E-state index contributed by atoms with van der Waals surface area (Å²) in [4.78, 5) is 19.1. The molecule has 0 bridgehead atoms. The molecule has 1 N–H and O–H groups in total. The Labute approximate surface area is 140 Å². The summed E-state index contributed by atoms with van der Waals surface area (Å²) in [5.74, 6) is 0. The molecule has 8 heteroatoms. The van der Waals surface area contributed by atoms with E-state index in [1.165, 1.54) is 24.7 Å². The number of nitrogens with zero attached hydrogens (tertiary/aromatic N) is 3. The average molecular weight is 349 g/mol. The molecule has 0 aliphatic carbocycles. The molecule has 0 aliphatic rings. The van der Waals surface area contributed by atoms with Gasteiger partial charge in [-0.1, -0.05) is 0 Å². The fourth-order valence-corrected chi connectivity index (χ4v) is 2.50. The Bertz CT molecular complexity index is 942. The molecule has 0 radical (unpaired) electrons. The third kappa shape index (κ3) is 2.84. The molecular weight excluding hydrogens is 335 g/mol. The second-order valence-electron chi connectivity index (χ2n) is 5.89. The van der Waals surface area contributed by atoms with Crippen molar-refractivity contribution >= 4 is 17.1 Å². The van der Waals surface area contributed by atoms with Crippen LogP contribution in [0.15, 0.2) is 42.9 Å². The van der Waals surface area contributed by atoms with Crippen LogP contribution in [0.5, 0.6) is 0 Å². The molecule has 0 saturated carbocycles. The van der Waals surface area contributed by atoms with Gasteiger partial charge in [-0.05, 0) is 36.8 Å². The molecule has 3 heterocycles. The van der Waals surface area contributed by atoms with E-state index in [2.05, 4.69) is 9.97 Å². The monoisotopic (exact) mass is 349 g/mol. The summed E-state index contributed by atoms with van der Waals surface area (Å²) in [5, 5.41) is 9.65. The van der Waals surface area contributed by atoms with Gasteiger partial charge in [-0.25, -0.2) is 27.5 Å². The van der Waals surface area contributed by atoms with Gasteiger partial charge in [0.05, 0.1) is 11.1 Å². The summed E-state index contributed by atoms with van der Waals surface area (Å²) in [7, 11) is 0. The van der Waals surface area contributed by atoms with Crippen LogP contribution in [0.2, 0.25) is 0 Å². The van der Waals surface area contributed by atoms with Crippen molar-refractivity contribution in [2.24, 2.45) is 0 Å². The van der Waals surface area contributed by atoms with Crippen molar-refractivity contribution in [3.8, 4) is 11.1 Å². The third-order valence-electron chi connectivity index (χ3n) is 4.17. The van der Waals surface area contributed by atoms with Crippen LogP contribution < -0.4 is 0 Å². The summed E-state index contributed by atoms with van der Waals surface area (Å²) < 4.78 is 40.7. The number of carboxylic acid groups (broad SMARTS) is 1. The van der Waals surface area contributed by atoms with E-state index in [1.54, 1.807) is 18.2 Å². The molecule has 5 nitrogen and oxygen atoms in total. The molecular formula is C17H14F3N3O2. The molecule has 3 aromatic heterocycles. The van der Waals surface area contributed by atoms with E-state index >= 15 is 0 Å². The lowest BCUT2D eigenvalue weighted by Crippen LogP contribution is -2.34. The summed E-state index contributed by atoms with van der Waals surface area (Å²) in [5.41, 5.74) is -0.629. The van der Waals surface area contributed by atoms with Gasteiger partial charge in [-0.15, -0.1) is 0 Å². The van der Waals surface area contributed by atoms with Crippen molar-refractivity contribution in [3.63, 3.8) is 0 Å². The number of alkyl halides is 3. The minimum Gasteiger partial charge on any atom is -0.464 e. The molecule has 1 atom stereocenters. The zero-order valence-electron chi connectivity index (χ0n) is 13.2. The maximum Gasteiger partial charge on any atom is 0.417 e. The van der Waals surface area contributed by atoms with Gasteiger partial charge in [0.15, 0.2) is 0 Å². The number of aromatic nitrogens is 3. The molecule has 0 aliphatic heterocycles. The molecule has 1 unspecified atom stereocenters. The number of hydrogen-bond acceptors (Lipinski definition) is 3. The van der Waals surface area contributed by atoms with Crippen LogP contribution >= 0.6 is 0 Å². The average Bonchev–Trinajstić information content (AvgIpc) is 3.04. The first-order valence-corrected chi connectivity index (χ1v) is 7.38. The molecule has 3 rings (SSSR count). The zero-order chi connectivity index (χ0) is 18.2. The maximum atomic E-state index is 13.2. The summed E-state index contributed by atoms with van der Waals surface area (Å²) in [6.45, 7) is -0.113. The van der Waals surface area contributed by atoms with E-state index in [9.17, 15) is 18.0 Å². The van der Waals surface area contributed by atoms with Crippen LogP contribution in [0.3, 0.4) is 0 Å². The first-order chi connectivity index (χ1) is 11.9. The largest absolute Gasteiger partial charge is 0.464 e. The van der Waals surface area contributed by atoms with Crippen LogP contribution in [0.4, 0.5) is 18.0 Å². The van der Waals surface area contributed by atoms with E-state index < -0.39 is 24.6 Å². The Kier molecular flexibility index (Phi) is 4.20. The molecule has 0 amide bonds. The topological polar surface area (TPSA) is 68.0 Å². The van der Waals surface area contributed by atoms with Crippen molar-refractivity contribution in [2.45, 2.75) is 18.8 Å². The van der Waals surface area contributed by atoms with Gasteiger partial charge in [-0.2, -0.15) is 0 Å². The van der Waals surface area contributed by atoms with Crippen LogP contribution in [-0.4, -0.2) is 38.8 Å². The molecule has 0 fully saturated rings. The maximum absolute atomic E-state index is 13.2. The van der Waals surface area contributed by atoms with Crippen molar-refractivity contribution in [1.82, 2.24) is 14.5 Å². The lowest BCUT2D eigenvalue weighted by molar-refractivity contribution is 0.0415. The smallest absolute Gasteiger partial charge is 0.417 e. The SMILES string of the molecule is CC(CF)(c1cc(-c2cnc3c(ccn3C(=O)O)c2)ccn1)C(F)F. The fraction of sp³-hybridized carbons (Fsp3) is 0.235. The number of halogens is 3. The summed E-state index contributed by atoms with van der Waals surface area (Å²) in [6.07, 6.45) is 0.102. The second-order valence-corrected chi connectivity index (χ2v) is 5.89. The quantitative estimate of drug-likeness (QED) is 0.769. The molecule has 3 aromatic rings. The molecule has 25 heavy (non-hydrogen) atoms. The first kappa shape index (κ1) is 16.9. The minimum atomic E-state index is -2.90. The Morgan fingerprint density at radius 1 is 1.28 bits per heavy atom. The van der Waals surface area contributed by atoms with Crippen molar-refractivity contribution < 1.29 is 23.1 Å². The van der Waals surface area contributed by atoms with Gasteiger partial charge in [-0.3, -0.25) is 4.98 Å². The Hall–Kier alpha value is -2.90. The standard InChI is InChI=1S/C17H14F3N3O2/c1-17(9-18,15(19)20)13-7-10(2-4-21-13)12-6-11-3-5-23(16(24)25)14(11)22-8-12/h2-8,15H,9H2,1H3,(H,24,25). The molecule has 0 saturated heterocycles. The van der Waals surface area contributed by atoms with E-state index in [4.69, 9.17) is 5.11 Å². The molecule has 130 valence electrons. The Balaban J connectivity index is 2.07. The van der Waals surface area contributed by atoms with Crippen LogP contribution in [0, 0.1) is 0 Å². The highest BCUT2D eigenvalue weighted by atomic mass is 19.3. The van der Waals surface area contributed by atoms with Gasteiger partial charge in [0.1, 0.15) is 12.3 Å². The minimum absolute atomic E-state index is 0.0503. The highest BCUT2D eigenvalue weighted by Gasteiger charge is 2.38. The van der Waals surface area contributed by atoms with Gasteiger partial charge < -0.3 is 5.11 Å². The Morgan fingerprint density at radius 3 is 2.68 bits per heavy atom. The van der Waals surface area contributed by atoms with Crippen molar-refractivity contribution in [2.75, 3.05) is 6.67 Å². The summed E-state index contributed by atoms with van der Waals surface area (Å²) in [6, 6.07) is 6.29. The van der Waals surface area contributed by atoms with Gasteiger partial charge in [0, 0.05) is 29.5 Å². The number of hydrogen-bond donors (Lipinski definition) is 1. The molecule has 0 spiro atoms. The normalized spacial score (nSPS) is 14.0. The van der Waals surface area contributed by atoms with Crippen molar-refractivity contribution in [1.29, 1.82) is 0 Å². The van der Waals surface area contributed by atoms with E-state index in [1.807, 2.05) is 0 Å². The highest BCUT2D eigenvalue weighted by Crippen LogP contribution is 2.32. The first-order valence-electron chi connectivity index (χ1n) is 7.38. The summed E-state index contributed by atoms with van der Waals surface area (Å²) >= 11 is 0. The fourth-order valence-electron chi connectivity index (χ4n) is 2.50. The second kappa shape index (κ2) is 6.19. The third-order valence-corrected chi connectivity index (χ3v) is 4.17. The number of rotatable bonds is 4. The van der Waals surface area contributed by atoms with E-state index in [-0.39, 0.29) is 11.3 Å². The van der Waals surface area contributed by atoms with E-state index in [0.717, 1.165) is 11.5 Å².